The van der Waals surface area contributed by atoms with Crippen molar-refractivity contribution >= 4 is 26.8 Å². The Balaban J connectivity index is 1.66. The van der Waals surface area contributed by atoms with E-state index in [4.69, 9.17) is 4.74 Å². The summed E-state index contributed by atoms with van der Waals surface area (Å²) >= 11 is 0. The Labute approximate surface area is 229 Å². The van der Waals surface area contributed by atoms with E-state index >= 15 is 0 Å². The smallest absolute Gasteiger partial charge is 0.256 e. The van der Waals surface area contributed by atoms with Crippen molar-refractivity contribution in [2.75, 3.05) is 7.11 Å². The molecule has 1 amide bonds. The van der Waals surface area contributed by atoms with Gasteiger partial charge >= 0.3 is 0 Å². The van der Waals surface area contributed by atoms with Gasteiger partial charge in [0, 0.05) is 17.5 Å². The van der Waals surface area contributed by atoms with Gasteiger partial charge in [0.2, 0.25) is 10.0 Å². The van der Waals surface area contributed by atoms with E-state index in [9.17, 15) is 27.5 Å². The van der Waals surface area contributed by atoms with E-state index in [-0.39, 0.29) is 40.7 Å². The highest BCUT2D eigenvalue weighted by molar-refractivity contribution is 7.91. The van der Waals surface area contributed by atoms with Crippen molar-refractivity contribution in [3.63, 3.8) is 0 Å². The molecule has 1 fully saturated rings. The van der Waals surface area contributed by atoms with Crippen LogP contribution in [0, 0.1) is 12.7 Å². The maximum atomic E-state index is 14.1. The van der Waals surface area contributed by atoms with E-state index < -0.39 is 37.8 Å². The van der Waals surface area contributed by atoms with E-state index in [2.05, 4.69) is 21.9 Å². The van der Waals surface area contributed by atoms with Crippen molar-refractivity contribution < 1.29 is 27.4 Å². The van der Waals surface area contributed by atoms with Crippen molar-refractivity contribution in [3.8, 4) is 22.6 Å². The first kappa shape index (κ1) is 27.1. The number of hydrogen-bond donors (Lipinski definition) is 3. The number of carbonyl (C=O) groups excluding carboxylic acids is 1. The van der Waals surface area contributed by atoms with Crippen molar-refractivity contribution in [3.05, 3.63) is 88.5 Å². The van der Waals surface area contributed by atoms with Crippen LogP contribution in [0.2, 0.25) is 0 Å². The van der Waals surface area contributed by atoms with Gasteiger partial charge in [0.25, 0.3) is 11.5 Å². The molecule has 3 N–H and O–H groups in total. The number of nitrogens with zero attached hydrogens (tertiary/aromatic N) is 2. The van der Waals surface area contributed by atoms with Gasteiger partial charge in [-0.3, -0.25) is 14.6 Å². The lowest BCUT2D eigenvalue weighted by Crippen LogP contribution is -2.29. The fourth-order valence-corrected chi connectivity index (χ4v) is 6.91. The summed E-state index contributed by atoms with van der Waals surface area (Å²) in [6, 6.07) is 5.70. The molecule has 3 heterocycles. The van der Waals surface area contributed by atoms with Crippen LogP contribution in [0.15, 0.2) is 60.3 Å². The molecule has 0 aliphatic heterocycles. The Morgan fingerprint density at radius 2 is 2.02 bits per heavy atom. The number of carbonyl (C=O) groups is 1. The molecule has 0 saturated heterocycles. The minimum Gasteiger partial charge on any atom is -0.506 e. The number of amides is 1. The highest BCUT2D eigenvalue weighted by Crippen LogP contribution is 2.49. The first-order chi connectivity index (χ1) is 19.0. The van der Waals surface area contributed by atoms with E-state index in [0.717, 1.165) is 16.4 Å². The van der Waals surface area contributed by atoms with E-state index in [0.29, 0.717) is 29.7 Å². The van der Waals surface area contributed by atoms with Crippen molar-refractivity contribution in [2.24, 2.45) is 0 Å². The minimum atomic E-state index is -4.02. The molecule has 1 saturated carbocycles. The molecular weight excluding hydrogens is 539 g/mol. The maximum Gasteiger partial charge on any atom is 0.256 e. The highest BCUT2D eigenvalue weighted by Gasteiger charge is 2.54. The molecule has 5 rings (SSSR count). The number of benzene rings is 1. The Morgan fingerprint density at radius 1 is 1.27 bits per heavy atom. The number of methoxy groups -OCH3 is 1. The summed E-state index contributed by atoms with van der Waals surface area (Å²) in [6.07, 6.45) is 6.09. The Hall–Kier alpha value is -4.45. The Bertz CT molecular complexity index is 1840. The predicted octanol–water partition coefficient (Wildman–Crippen LogP) is 3.77. The van der Waals surface area contributed by atoms with Crippen LogP contribution in [0.1, 0.15) is 40.9 Å². The number of pyridine rings is 2. The van der Waals surface area contributed by atoms with Crippen LogP contribution in [-0.4, -0.2) is 45.2 Å². The number of aromatic amines is 1. The number of aromatic hydroxyl groups is 1. The van der Waals surface area contributed by atoms with Gasteiger partial charge in [-0.25, -0.2) is 16.8 Å². The van der Waals surface area contributed by atoms with Crippen LogP contribution < -0.4 is 15.6 Å². The van der Waals surface area contributed by atoms with Gasteiger partial charge in [0.05, 0.1) is 52.8 Å². The zero-order chi connectivity index (χ0) is 28.8. The monoisotopic (exact) mass is 566 g/mol. The van der Waals surface area contributed by atoms with Crippen molar-refractivity contribution in [1.82, 2.24) is 19.3 Å². The molecular formula is C28H27FN4O6S. The summed E-state index contributed by atoms with van der Waals surface area (Å²) in [5.74, 6) is -1.46. The number of aryl methyl sites for hydroxylation is 1. The van der Waals surface area contributed by atoms with Gasteiger partial charge in [-0.15, -0.1) is 6.58 Å². The zero-order valence-corrected chi connectivity index (χ0v) is 22.6. The van der Waals surface area contributed by atoms with Crippen LogP contribution >= 0.6 is 0 Å². The second kappa shape index (κ2) is 9.94. The summed E-state index contributed by atoms with van der Waals surface area (Å²) in [5, 5.41) is 13.6. The van der Waals surface area contributed by atoms with Gasteiger partial charge < -0.3 is 20.1 Å². The molecule has 0 spiro atoms. The number of rotatable bonds is 9. The van der Waals surface area contributed by atoms with E-state index in [1.54, 1.807) is 19.1 Å². The van der Waals surface area contributed by atoms with Gasteiger partial charge in [0.15, 0.2) is 0 Å². The van der Waals surface area contributed by atoms with Crippen LogP contribution in [0.5, 0.6) is 11.5 Å². The quantitative estimate of drug-likeness (QED) is 0.262. The fourth-order valence-electron chi connectivity index (χ4n) is 4.91. The first-order valence-corrected chi connectivity index (χ1v) is 13.9. The number of hydrogen-bond acceptors (Lipinski definition) is 7. The molecule has 0 unspecified atom stereocenters. The molecule has 0 radical (unpaired) electrons. The third kappa shape index (κ3) is 4.53. The van der Waals surface area contributed by atoms with Crippen LogP contribution in [-0.2, 0) is 16.6 Å². The van der Waals surface area contributed by atoms with Crippen LogP contribution in [0.25, 0.3) is 22.0 Å². The zero-order valence-electron chi connectivity index (χ0n) is 21.8. The van der Waals surface area contributed by atoms with Crippen molar-refractivity contribution in [2.45, 2.75) is 37.5 Å². The van der Waals surface area contributed by atoms with Crippen LogP contribution in [0.4, 0.5) is 4.39 Å². The normalized spacial score (nSPS) is 14.2. The number of fused-ring (bicyclic) bond motifs is 1. The van der Waals surface area contributed by atoms with Crippen LogP contribution in [0.3, 0.4) is 0 Å². The number of nitrogens with one attached hydrogen (secondary N) is 2. The van der Waals surface area contributed by atoms with E-state index in [1.807, 2.05) is 0 Å². The third-order valence-electron chi connectivity index (χ3n) is 7.14. The molecule has 10 nitrogen and oxygen atoms in total. The summed E-state index contributed by atoms with van der Waals surface area (Å²) in [6.45, 7) is 5.15. The SMILES string of the molecule is C=CCC1(S(=O)(=O)n2cc(O)c3c(C(=O)NCc4c(OC)cc(C)[nH]c4=O)cc(-c4cncc(F)c4)cc32)CC1. The lowest BCUT2D eigenvalue weighted by atomic mass is 10.0. The average molecular weight is 567 g/mol. The standard InChI is InChI=1S/C28H27FN4O6S/c1-4-5-28(6-7-28)40(37,38)33-15-23(34)25-20(10-17(11-22(25)33)18-9-19(29)13-30-12-18)26(35)31-14-21-24(39-3)8-16(2)32-27(21)36/h4,8-13,15,34H,1,5-7,14H2,2-3H3,(H,31,35)(H,32,36). The molecule has 0 bridgehead atoms. The molecule has 3 aromatic heterocycles. The molecule has 12 heteroatoms. The molecule has 1 aliphatic carbocycles. The summed E-state index contributed by atoms with van der Waals surface area (Å²) < 4.78 is 46.8. The van der Waals surface area contributed by atoms with Gasteiger partial charge in [-0.05, 0) is 56.0 Å². The highest BCUT2D eigenvalue weighted by atomic mass is 32.2. The van der Waals surface area contributed by atoms with Gasteiger partial charge in [-0.1, -0.05) is 6.08 Å². The Morgan fingerprint density at radius 3 is 2.67 bits per heavy atom. The molecule has 4 aromatic rings. The average Bonchev–Trinajstić information content (AvgIpc) is 3.63. The second-order valence-corrected chi connectivity index (χ2v) is 12.0. The summed E-state index contributed by atoms with van der Waals surface area (Å²) in [7, 11) is -2.61. The number of aromatic nitrogens is 3. The topological polar surface area (TPSA) is 143 Å². The summed E-state index contributed by atoms with van der Waals surface area (Å²) in [4.78, 5) is 32.6. The fraction of sp³-hybridized carbons (Fsp3) is 0.250. The maximum absolute atomic E-state index is 14.1. The van der Waals surface area contributed by atoms with Crippen molar-refractivity contribution in [1.29, 1.82) is 0 Å². The number of H-pyrrole nitrogens is 1. The third-order valence-corrected chi connectivity index (χ3v) is 9.63. The number of halogens is 1. The lowest BCUT2D eigenvalue weighted by Gasteiger charge is -2.17. The molecule has 1 aromatic carbocycles. The predicted molar refractivity (Wildman–Crippen MR) is 147 cm³/mol. The lowest BCUT2D eigenvalue weighted by molar-refractivity contribution is 0.0952. The number of allylic oxidation sites excluding steroid dienone is 1. The van der Waals surface area contributed by atoms with Gasteiger partial charge in [0.1, 0.15) is 17.3 Å². The minimum absolute atomic E-state index is 0.00614. The largest absolute Gasteiger partial charge is 0.506 e. The second-order valence-electron chi connectivity index (χ2n) is 9.81. The van der Waals surface area contributed by atoms with Gasteiger partial charge in [-0.2, -0.15) is 0 Å². The van der Waals surface area contributed by atoms with E-state index in [1.165, 1.54) is 31.5 Å². The first-order valence-electron chi connectivity index (χ1n) is 12.4. The molecule has 0 atom stereocenters. The summed E-state index contributed by atoms with van der Waals surface area (Å²) in [5.41, 5.74) is 0.881. The molecule has 1 aliphatic rings. The number of ether oxygens (including phenoxy) is 1. The Kier molecular flexibility index (Phi) is 6.74. The molecule has 40 heavy (non-hydrogen) atoms. The molecule has 208 valence electrons.